The van der Waals surface area contributed by atoms with Gasteiger partial charge in [0.1, 0.15) is 12.4 Å². The van der Waals surface area contributed by atoms with E-state index in [1.165, 1.54) is 12.1 Å². The first-order valence-corrected chi connectivity index (χ1v) is 8.91. The fourth-order valence-corrected chi connectivity index (χ4v) is 2.79. The average molecular weight is 351 g/mol. The summed E-state index contributed by atoms with van der Waals surface area (Å²) in [5.41, 5.74) is 7.29. The van der Waals surface area contributed by atoms with Gasteiger partial charge in [-0.25, -0.2) is 0 Å². The molecule has 7 heteroatoms. The van der Waals surface area contributed by atoms with Crippen LogP contribution in [0.3, 0.4) is 0 Å². The summed E-state index contributed by atoms with van der Waals surface area (Å²) >= 11 is 0. The summed E-state index contributed by atoms with van der Waals surface area (Å²) in [5.74, 6) is 0.597. The van der Waals surface area contributed by atoms with Gasteiger partial charge >= 0.3 is 0 Å². The summed E-state index contributed by atoms with van der Waals surface area (Å²) in [4.78, 5) is 0.135. The smallest absolute Gasteiger partial charge is 0.297 e. The van der Waals surface area contributed by atoms with Gasteiger partial charge in [0.05, 0.1) is 30.4 Å². The molecule has 0 unspecified atom stereocenters. The molecule has 24 heavy (non-hydrogen) atoms. The van der Waals surface area contributed by atoms with Crippen molar-refractivity contribution >= 4 is 15.8 Å². The van der Waals surface area contributed by atoms with Gasteiger partial charge in [-0.05, 0) is 31.2 Å². The molecule has 0 heterocycles. The fourth-order valence-electron chi connectivity index (χ4n) is 1.90. The molecule has 130 valence electrons. The number of nitrogens with two attached hydrogens (primary N) is 1. The third-order valence-corrected chi connectivity index (χ3v) is 4.51. The fraction of sp³-hybridized carbons (Fsp3) is 0.294. The number of nitrogen functional groups attached to an aromatic ring is 1. The first kappa shape index (κ1) is 18.3. The second kappa shape index (κ2) is 8.68. The lowest BCUT2D eigenvalue weighted by molar-refractivity contribution is 0.0781. The van der Waals surface area contributed by atoms with E-state index in [1.807, 2.05) is 19.1 Å². The molecule has 0 fully saturated rings. The van der Waals surface area contributed by atoms with Crippen LogP contribution in [0.1, 0.15) is 5.56 Å². The minimum absolute atomic E-state index is 0.0519. The van der Waals surface area contributed by atoms with Crippen molar-refractivity contribution in [1.29, 1.82) is 0 Å². The Balaban J connectivity index is 1.64. The summed E-state index contributed by atoms with van der Waals surface area (Å²) in [6, 6.07) is 13.7. The molecular formula is C17H21NO5S. The Morgan fingerprint density at radius 1 is 0.917 bits per heavy atom. The quantitative estimate of drug-likeness (QED) is 0.424. The maximum absolute atomic E-state index is 11.9. The maximum Gasteiger partial charge on any atom is 0.297 e. The Hall–Kier alpha value is -2.09. The van der Waals surface area contributed by atoms with Crippen molar-refractivity contribution in [2.24, 2.45) is 0 Å². The van der Waals surface area contributed by atoms with E-state index < -0.39 is 10.1 Å². The molecule has 0 atom stereocenters. The number of benzene rings is 2. The van der Waals surface area contributed by atoms with Gasteiger partial charge < -0.3 is 15.2 Å². The summed E-state index contributed by atoms with van der Waals surface area (Å²) < 4.78 is 39.5. The Labute approximate surface area is 142 Å². The monoisotopic (exact) mass is 351 g/mol. The van der Waals surface area contributed by atoms with E-state index in [0.29, 0.717) is 24.7 Å². The molecule has 0 amide bonds. The van der Waals surface area contributed by atoms with E-state index >= 15 is 0 Å². The third kappa shape index (κ3) is 5.52. The van der Waals surface area contributed by atoms with Crippen molar-refractivity contribution in [3.63, 3.8) is 0 Å². The summed E-state index contributed by atoms with van der Waals surface area (Å²) in [6.45, 7) is 2.61. The SMILES string of the molecule is Cc1ccc(S(=O)(=O)OCCOCCOc2ccccc2N)cc1. The number of aryl methyl sites for hydroxylation is 1. The lowest BCUT2D eigenvalue weighted by Gasteiger charge is -2.09. The van der Waals surface area contributed by atoms with Crippen molar-refractivity contribution in [3.8, 4) is 5.75 Å². The molecule has 2 rings (SSSR count). The zero-order valence-electron chi connectivity index (χ0n) is 13.5. The highest BCUT2D eigenvalue weighted by atomic mass is 32.2. The van der Waals surface area contributed by atoms with Crippen molar-refractivity contribution in [1.82, 2.24) is 0 Å². The molecule has 0 radical (unpaired) electrons. The van der Waals surface area contributed by atoms with Crippen LogP contribution < -0.4 is 10.5 Å². The highest BCUT2D eigenvalue weighted by Gasteiger charge is 2.14. The third-order valence-electron chi connectivity index (χ3n) is 3.18. The molecule has 0 aromatic heterocycles. The van der Waals surface area contributed by atoms with Crippen molar-refractivity contribution in [3.05, 3.63) is 54.1 Å². The molecule has 0 spiro atoms. The summed E-state index contributed by atoms with van der Waals surface area (Å²) in [6.07, 6.45) is 0. The average Bonchev–Trinajstić information content (AvgIpc) is 2.56. The zero-order valence-corrected chi connectivity index (χ0v) is 14.3. The number of ether oxygens (including phenoxy) is 2. The zero-order chi connectivity index (χ0) is 17.4. The highest BCUT2D eigenvalue weighted by Crippen LogP contribution is 2.19. The van der Waals surface area contributed by atoms with Gasteiger partial charge in [0.25, 0.3) is 10.1 Å². The number of rotatable bonds is 9. The van der Waals surface area contributed by atoms with Gasteiger partial charge in [-0.3, -0.25) is 4.18 Å². The van der Waals surface area contributed by atoms with Crippen LogP contribution >= 0.6 is 0 Å². The first-order valence-electron chi connectivity index (χ1n) is 7.50. The number of hydrogen-bond acceptors (Lipinski definition) is 6. The van der Waals surface area contributed by atoms with Crippen LogP contribution in [-0.2, 0) is 19.0 Å². The van der Waals surface area contributed by atoms with Crippen molar-refractivity contribution in [2.45, 2.75) is 11.8 Å². The van der Waals surface area contributed by atoms with Crippen molar-refractivity contribution in [2.75, 3.05) is 32.2 Å². The lowest BCUT2D eigenvalue weighted by Crippen LogP contribution is -2.14. The molecule has 2 aromatic carbocycles. The normalized spacial score (nSPS) is 11.4. The van der Waals surface area contributed by atoms with Crippen LogP contribution in [0.4, 0.5) is 5.69 Å². The molecule has 0 aliphatic rings. The first-order chi connectivity index (χ1) is 11.5. The standard InChI is InChI=1S/C17H21NO5S/c1-14-6-8-15(9-7-14)24(19,20)23-13-11-21-10-12-22-17-5-3-2-4-16(17)18/h2-9H,10-13,18H2,1H3. The molecule has 0 saturated heterocycles. The van der Waals surface area contributed by atoms with Crippen LogP contribution in [0.2, 0.25) is 0 Å². The Bertz CT molecular complexity index is 744. The van der Waals surface area contributed by atoms with Crippen LogP contribution in [0, 0.1) is 6.92 Å². The molecule has 0 bridgehead atoms. The molecule has 0 aliphatic carbocycles. The molecule has 0 aliphatic heterocycles. The molecule has 6 nitrogen and oxygen atoms in total. The van der Waals surface area contributed by atoms with E-state index in [1.54, 1.807) is 24.3 Å². The Morgan fingerprint density at radius 3 is 2.29 bits per heavy atom. The van der Waals surface area contributed by atoms with Gasteiger partial charge in [0.2, 0.25) is 0 Å². The second-order valence-corrected chi connectivity index (χ2v) is 6.70. The van der Waals surface area contributed by atoms with Crippen molar-refractivity contribution < 1.29 is 22.1 Å². The van der Waals surface area contributed by atoms with E-state index in [9.17, 15) is 8.42 Å². The van der Waals surface area contributed by atoms with Crippen LogP contribution in [0.25, 0.3) is 0 Å². The van der Waals surface area contributed by atoms with Gasteiger partial charge in [0, 0.05) is 0 Å². The predicted octanol–water partition coefficient (Wildman–Crippen LogP) is 2.38. The molecule has 0 saturated carbocycles. The minimum Gasteiger partial charge on any atom is -0.489 e. The van der Waals surface area contributed by atoms with Crippen LogP contribution in [0.5, 0.6) is 5.75 Å². The predicted molar refractivity (Wildman–Crippen MR) is 91.5 cm³/mol. The topological polar surface area (TPSA) is 87.9 Å². The molecular weight excluding hydrogens is 330 g/mol. The summed E-state index contributed by atoms with van der Waals surface area (Å²) in [7, 11) is -3.75. The Morgan fingerprint density at radius 2 is 1.58 bits per heavy atom. The van der Waals surface area contributed by atoms with E-state index in [2.05, 4.69) is 0 Å². The second-order valence-electron chi connectivity index (χ2n) is 5.09. The van der Waals surface area contributed by atoms with Gasteiger partial charge in [0.15, 0.2) is 0 Å². The largest absolute Gasteiger partial charge is 0.489 e. The minimum atomic E-state index is -3.75. The van der Waals surface area contributed by atoms with Gasteiger partial charge in [-0.2, -0.15) is 8.42 Å². The van der Waals surface area contributed by atoms with E-state index in [4.69, 9.17) is 19.4 Å². The van der Waals surface area contributed by atoms with Gasteiger partial charge in [-0.15, -0.1) is 0 Å². The highest BCUT2D eigenvalue weighted by molar-refractivity contribution is 7.86. The van der Waals surface area contributed by atoms with Gasteiger partial charge in [-0.1, -0.05) is 29.8 Å². The summed E-state index contributed by atoms with van der Waals surface area (Å²) in [5, 5.41) is 0. The molecule has 2 aromatic rings. The van der Waals surface area contributed by atoms with Crippen LogP contribution in [-0.4, -0.2) is 34.8 Å². The molecule has 2 N–H and O–H groups in total. The van der Waals surface area contributed by atoms with Crippen LogP contribution in [0.15, 0.2) is 53.4 Å². The number of hydrogen-bond donors (Lipinski definition) is 1. The number of para-hydroxylation sites is 2. The lowest BCUT2D eigenvalue weighted by atomic mass is 10.2. The number of anilines is 1. The van der Waals surface area contributed by atoms with E-state index in [-0.39, 0.29) is 18.1 Å². The maximum atomic E-state index is 11.9. The van der Waals surface area contributed by atoms with E-state index in [0.717, 1.165) is 5.56 Å². The Kier molecular flexibility index (Phi) is 6.60.